The molecule has 1 saturated carbocycles. The Morgan fingerprint density at radius 2 is 1.44 bits per heavy atom. The highest BCUT2D eigenvalue weighted by atomic mass is 16.6. The molecule has 2 aromatic carbocycles. The van der Waals surface area contributed by atoms with Crippen LogP contribution in [0.1, 0.15) is 106 Å². The van der Waals surface area contributed by atoms with E-state index in [0.29, 0.717) is 23.3 Å². The highest BCUT2D eigenvalue weighted by Crippen LogP contribution is 2.43. The zero-order valence-corrected chi connectivity index (χ0v) is 21.6. The molecule has 0 aromatic heterocycles. The van der Waals surface area contributed by atoms with Gasteiger partial charge in [0.05, 0.1) is 11.5 Å². The summed E-state index contributed by atoms with van der Waals surface area (Å²) in [5, 5.41) is 9.91. The van der Waals surface area contributed by atoms with Crippen LogP contribution in [-0.2, 0) is 16.0 Å². The van der Waals surface area contributed by atoms with Gasteiger partial charge in [0, 0.05) is 0 Å². The summed E-state index contributed by atoms with van der Waals surface area (Å²) in [5.41, 5.74) is 3.30. The van der Waals surface area contributed by atoms with E-state index in [1.165, 1.54) is 31.2 Å². The summed E-state index contributed by atoms with van der Waals surface area (Å²) in [7, 11) is 0. The van der Waals surface area contributed by atoms with Crippen molar-refractivity contribution in [3.05, 3.63) is 70.8 Å². The molecule has 2 aromatic rings. The van der Waals surface area contributed by atoms with Crippen LogP contribution in [0.3, 0.4) is 0 Å². The number of carbonyl (C=O) groups is 2. The first-order valence-electron chi connectivity index (χ1n) is 12.5. The standard InChI is InChI=1S/C30H40O4/c1-29(2,3)25-17-15-22(16-18-25)21-11-13-23(14-12-21)26(27(31)32)19-20-7-9-24(10-8-20)28(33)34-30(4,5)6/h7-14,22,25-26H,15-19H2,1-6H3,(H,31,32)/t22-,25+,26?. The van der Waals surface area contributed by atoms with Gasteiger partial charge in [0.2, 0.25) is 0 Å². The maximum atomic E-state index is 12.2. The second-order valence-corrected chi connectivity index (χ2v) is 11.9. The lowest BCUT2D eigenvalue weighted by Gasteiger charge is -2.37. The molecule has 0 heterocycles. The van der Waals surface area contributed by atoms with E-state index in [0.717, 1.165) is 17.0 Å². The van der Waals surface area contributed by atoms with Crippen LogP contribution in [0.4, 0.5) is 0 Å². The van der Waals surface area contributed by atoms with Gasteiger partial charge in [0.15, 0.2) is 0 Å². The molecule has 184 valence electrons. The Bertz CT molecular complexity index is 966. The minimum atomic E-state index is -0.838. The van der Waals surface area contributed by atoms with Crippen molar-refractivity contribution in [1.29, 1.82) is 0 Å². The fourth-order valence-corrected chi connectivity index (χ4v) is 4.99. The van der Waals surface area contributed by atoms with Crippen LogP contribution in [0.2, 0.25) is 0 Å². The third-order valence-corrected chi connectivity index (χ3v) is 7.09. The summed E-state index contributed by atoms with van der Waals surface area (Å²) >= 11 is 0. The van der Waals surface area contributed by atoms with E-state index in [1.54, 1.807) is 12.1 Å². The van der Waals surface area contributed by atoms with Gasteiger partial charge in [-0.1, -0.05) is 57.2 Å². The lowest BCUT2D eigenvalue weighted by atomic mass is 9.68. The highest BCUT2D eigenvalue weighted by molar-refractivity contribution is 5.89. The number of carboxylic acids is 1. The smallest absolute Gasteiger partial charge is 0.338 e. The number of hydrogen-bond acceptors (Lipinski definition) is 3. The second kappa shape index (κ2) is 10.3. The van der Waals surface area contributed by atoms with Gasteiger partial charge in [-0.05, 0) is 98.9 Å². The maximum absolute atomic E-state index is 12.2. The van der Waals surface area contributed by atoms with Crippen LogP contribution in [-0.4, -0.2) is 22.6 Å². The van der Waals surface area contributed by atoms with E-state index in [1.807, 2.05) is 45.0 Å². The number of rotatable bonds is 6. The molecule has 0 amide bonds. The number of carboxylic acid groups (broad SMARTS) is 1. The van der Waals surface area contributed by atoms with Crippen molar-refractivity contribution in [2.75, 3.05) is 0 Å². The van der Waals surface area contributed by atoms with Crippen LogP contribution < -0.4 is 0 Å². The summed E-state index contributed by atoms with van der Waals surface area (Å²) in [6.07, 6.45) is 5.29. The molecule has 1 aliphatic carbocycles. The number of benzene rings is 2. The first-order valence-corrected chi connectivity index (χ1v) is 12.5. The molecule has 3 rings (SSSR count). The molecule has 1 unspecified atom stereocenters. The molecule has 34 heavy (non-hydrogen) atoms. The molecule has 1 N–H and O–H groups in total. The largest absolute Gasteiger partial charge is 0.481 e. The lowest BCUT2D eigenvalue weighted by molar-refractivity contribution is -0.138. The van der Waals surface area contributed by atoms with Crippen LogP contribution in [0.5, 0.6) is 0 Å². The van der Waals surface area contributed by atoms with Crippen molar-refractivity contribution in [3.8, 4) is 0 Å². The predicted molar refractivity (Wildman–Crippen MR) is 136 cm³/mol. The number of carbonyl (C=O) groups excluding carboxylic acids is 1. The molecule has 1 atom stereocenters. The topological polar surface area (TPSA) is 63.6 Å². The highest BCUT2D eigenvalue weighted by Gasteiger charge is 2.30. The first-order chi connectivity index (χ1) is 15.8. The Morgan fingerprint density at radius 1 is 0.882 bits per heavy atom. The molecule has 4 heteroatoms. The molecule has 4 nitrogen and oxygen atoms in total. The van der Waals surface area contributed by atoms with E-state index in [-0.39, 0.29) is 5.97 Å². The molecule has 0 saturated heterocycles. The van der Waals surface area contributed by atoms with Crippen molar-refractivity contribution >= 4 is 11.9 Å². The van der Waals surface area contributed by atoms with Crippen LogP contribution in [0.15, 0.2) is 48.5 Å². The fraction of sp³-hybridized carbons (Fsp3) is 0.533. The van der Waals surface area contributed by atoms with E-state index in [9.17, 15) is 14.7 Å². The van der Waals surface area contributed by atoms with Gasteiger partial charge >= 0.3 is 11.9 Å². The second-order valence-electron chi connectivity index (χ2n) is 11.9. The number of hydrogen-bond donors (Lipinski definition) is 1. The van der Waals surface area contributed by atoms with Crippen LogP contribution >= 0.6 is 0 Å². The monoisotopic (exact) mass is 464 g/mol. The number of aliphatic carboxylic acids is 1. The van der Waals surface area contributed by atoms with E-state index in [4.69, 9.17) is 4.74 Å². The Kier molecular flexibility index (Phi) is 7.90. The molecule has 1 aliphatic rings. The first kappa shape index (κ1) is 26.0. The number of ether oxygens (including phenoxy) is 1. The van der Waals surface area contributed by atoms with E-state index in [2.05, 4.69) is 32.9 Å². The van der Waals surface area contributed by atoms with Gasteiger partial charge in [0.25, 0.3) is 0 Å². The average molecular weight is 465 g/mol. The minimum absolute atomic E-state index is 0.370. The summed E-state index contributed by atoms with van der Waals surface area (Å²) in [5.74, 6) is -0.494. The molecular formula is C30H40O4. The fourth-order valence-electron chi connectivity index (χ4n) is 4.99. The molecule has 0 radical (unpaired) electrons. The maximum Gasteiger partial charge on any atom is 0.338 e. The molecular weight excluding hydrogens is 424 g/mol. The quantitative estimate of drug-likeness (QED) is 0.453. The van der Waals surface area contributed by atoms with Gasteiger partial charge in [0.1, 0.15) is 5.60 Å². The van der Waals surface area contributed by atoms with E-state index < -0.39 is 17.5 Å². The van der Waals surface area contributed by atoms with Gasteiger partial charge < -0.3 is 9.84 Å². The summed E-state index contributed by atoms with van der Waals surface area (Å²) < 4.78 is 5.40. The van der Waals surface area contributed by atoms with E-state index >= 15 is 0 Å². The van der Waals surface area contributed by atoms with Gasteiger partial charge in [-0.25, -0.2) is 4.79 Å². The molecule has 0 aliphatic heterocycles. The predicted octanol–water partition coefficient (Wildman–Crippen LogP) is 7.37. The van der Waals surface area contributed by atoms with Crippen molar-refractivity contribution in [2.24, 2.45) is 11.3 Å². The SMILES string of the molecule is CC(C)(C)OC(=O)c1ccc(CC(C(=O)O)c2ccc([C@H]3CC[C@@H](C(C)(C)C)CC3)cc2)cc1. The third kappa shape index (κ3) is 6.94. The number of esters is 1. The van der Waals surface area contributed by atoms with Crippen molar-refractivity contribution < 1.29 is 19.4 Å². The lowest BCUT2D eigenvalue weighted by Crippen LogP contribution is -2.25. The van der Waals surface area contributed by atoms with Gasteiger partial charge in [-0.3, -0.25) is 4.79 Å². The van der Waals surface area contributed by atoms with Crippen molar-refractivity contribution in [1.82, 2.24) is 0 Å². The Balaban J connectivity index is 1.66. The average Bonchev–Trinajstić information content (AvgIpc) is 2.76. The summed E-state index contributed by atoms with van der Waals surface area (Å²) in [6.45, 7) is 12.5. The van der Waals surface area contributed by atoms with Gasteiger partial charge in [-0.2, -0.15) is 0 Å². The van der Waals surface area contributed by atoms with Gasteiger partial charge in [-0.15, -0.1) is 0 Å². The Labute approximate surface area is 204 Å². The molecule has 0 bridgehead atoms. The third-order valence-electron chi connectivity index (χ3n) is 7.09. The molecule has 0 spiro atoms. The van der Waals surface area contributed by atoms with Crippen LogP contribution in [0, 0.1) is 11.3 Å². The molecule has 1 fully saturated rings. The zero-order valence-electron chi connectivity index (χ0n) is 21.6. The minimum Gasteiger partial charge on any atom is -0.481 e. The van der Waals surface area contributed by atoms with Crippen molar-refractivity contribution in [3.63, 3.8) is 0 Å². The van der Waals surface area contributed by atoms with Crippen molar-refractivity contribution in [2.45, 2.75) is 91.1 Å². The zero-order chi connectivity index (χ0) is 25.1. The summed E-state index contributed by atoms with van der Waals surface area (Å²) in [6, 6.07) is 15.3. The van der Waals surface area contributed by atoms with Crippen LogP contribution in [0.25, 0.3) is 0 Å². The summed E-state index contributed by atoms with van der Waals surface area (Å²) in [4.78, 5) is 24.3. The Hall–Kier alpha value is -2.62. The Morgan fingerprint density at radius 3 is 1.91 bits per heavy atom. The normalized spacial score (nSPS) is 19.9.